The third kappa shape index (κ3) is 6.28. The second-order valence-corrected chi connectivity index (χ2v) is 12.2. The number of hydrogen-bond donors (Lipinski definition) is 3. The number of nitrogens with one attached hydrogen (secondary N) is 3. The number of carbonyl (C=O) groups excluding carboxylic acids is 3. The average Bonchev–Trinajstić information content (AvgIpc) is 3.82. The fraction of sp³-hybridized carbons (Fsp3) is 0.250. The molecule has 41 heavy (non-hydrogen) atoms. The molecule has 0 spiro atoms. The standard InChI is InChI=1S/C28H20Cl4F3N3O3/c29-16-5-4-14(36-27(41)23-22(28(23,31)32)13-3-6-18(33)17(30)10-13)11-15(16)26(40)37-20-8-7-19(34)25(24(20)35)38-21(39)9-12-1-2-12/h3-8,10-12,22-23H,1-2,9H2,(H,36,41)(H,37,40)(H,38,39)/t22?,23-/m1/s1. The number of alkyl halides is 2. The fourth-order valence-corrected chi connectivity index (χ4v) is 5.72. The molecule has 2 aliphatic carbocycles. The summed E-state index contributed by atoms with van der Waals surface area (Å²) in [5.41, 5.74) is -0.566. The van der Waals surface area contributed by atoms with Crippen LogP contribution in [0, 0.1) is 29.3 Å². The maximum absolute atomic E-state index is 15.1. The molecule has 0 aliphatic heterocycles. The first-order valence-electron chi connectivity index (χ1n) is 12.4. The molecule has 0 radical (unpaired) electrons. The second kappa shape index (κ2) is 11.4. The maximum atomic E-state index is 15.1. The largest absolute Gasteiger partial charge is 0.326 e. The van der Waals surface area contributed by atoms with Crippen LogP contribution in [-0.4, -0.2) is 22.1 Å². The van der Waals surface area contributed by atoms with Crippen molar-refractivity contribution in [3.05, 3.63) is 87.2 Å². The molecule has 0 heterocycles. The van der Waals surface area contributed by atoms with Gasteiger partial charge in [0.1, 0.15) is 21.7 Å². The zero-order valence-corrected chi connectivity index (χ0v) is 23.9. The van der Waals surface area contributed by atoms with Gasteiger partial charge in [0.05, 0.1) is 27.2 Å². The van der Waals surface area contributed by atoms with Crippen molar-refractivity contribution in [1.82, 2.24) is 0 Å². The molecule has 2 atom stereocenters. The van der Waals surface area contributed by atoms with E-state index in [9.17, 15) is 23.2 Å². The number of carbonyl (C=O) groups is 3. The zero-order valence-electron chi connectivity index (χ0n) is 20.8. The van der Waals surface area contributed by atoms with E-state index in [4.69, 9.17) is 46.4 Å². The van der Waals surface area contributed by atoms with Crippen molar-refractivity contribution in [3.8, 4) is 0 Å². The van der Waals surface area contributed by atoms with Gasteiger partial charge in [-0.3, -0.25) is 14.4 Å². The smallest absolute Gasteiger partial charge is 0.257 e. The summed E-state index contributed by atoms with van der Waals surface area (Å²) < 4.78 is 41.4. The van der Waals surface area contributed by atoms with Gasteiger partial charge in [-0.1, -0.05) is 29.3 Å². The molecule has 13 heteroatoms. The van der Waals surface area contributed by atoms with Crippen molar-refractivity contribution in [2.45, 2.75) is 29.5 Å². The van der Waals surface area contributed by atoms with Crippen molar-refractivity contribution >= 4 is 81.2 Å². The molecule has 0 aromatic heterocycles. The highest BCUT2D eigenvalue weighted by Crippen LogP contribution is 2.65. The lowest BCUT2D eigenvalue weighted by Crippen LogP contribution is -2.19. The minimum Gasteiger partial charge on any atom is -0.326 e. The van der Waals surface area contributed by atoms with Crippen LogP contribution in [0.3, 0.4) is 0 Å². The first-order valence-corrected chi connectivity index (χ1v) is 13.9. The van der Waals surface area contributed by atoms with E-state index in [1.807, 2.05) is 0 Å². The van der Waals surface area contributed by atoms with E-state index in [1.54, 1.807) is 0 Å². The van der Waals surface area contributed by atoms with Gasteiger partial charge in [-0.15, -0.1) is 23.2 Å². The number of rotatable bonds is 8. The molecule has 5 rings (SSSR count). The Morgan fingerprint density at radius 3 is 2.24 bits per heavy atom. The summed E-state index contributed by atoms with van der Waals surface area (Å²) in [6.07, 6.45) is 1.92. The molecule has 6 nitrogen and oxygen atoms in total. The Labute approximate surface area is 252 Å². The minimum absolute atomic E-state index is 0.0183. The lowest BCUT2D eigenvalue weighted by atomic mass is 10.1. The van der Waals surface area contributed by atoms with Crippen LogP contribution in [0.5, 0.6) is 0 Å². The predicted molar refractivity (Wildman–Crippen MR) is 152 cm³/mol. The van der Waals surface area contributed by atoms with Crippen LogP contribution in [0.25, 0.3) is 0 Å². The third-order valence-electron chi connectivity index (χ3n) is 6.89. The summed E-state index contributed by atoms with van der Waals surface area (Å²) in [5, 5.41) is 7.00. The quantitative estimate of drug-likeness (QED) is 0.218. The van der Waals surface area contributed by atoms with Gasteiger partial charge >= 0.3 is 0 Å². The molecule has 214 valence electrons. The van der Waals surface area contributed by atoms with Crippen molar-refractivity contribution in [3.63, 3.8) is 0 Å². The maximum Gasteiger partial charge on any atom is 0.257 e. The summed E-state index contributed by atoms with van der Waals surface area (Å²) in [6, 6.07) is 9.87. The van der Waals surface area contributed by atoms with Gasteiger partial charge in [-0.2, -0.15) is 0 Å². The molecular weight excluding hydrogens is 625 g/mol. The van der Waals surface area contributed by atoms with Crippen LogP contribution in [0.4, 0.5) is 30.2 Å². The summed E-state index contributed by atoms with van der Waals surface area (Å²) in [7, 11) is 0. The number of hydrogen-bond acceptors (Lipinski definition) is 3. The van der Waals surface area contributed by atoms with Crippen LogP contribution < -0.4 is 16.0 Å². The highest BCUT2D eigenvalue weighted by Gasteiger charge is 2.67. The molecule has 3 amide bonds. The monoisotopic (exact) mass is 643 g/mol. The zero-order chi connectivity index (χ0) is 29.6. The Kier molecular flexibility index (Phi) is 8.18. The van der Waals surface area contributed by atoms with Crippen molar-refractivity contribution in [2.24, 2.45) is 11.8 Å². The number of benzene rings is 3. The van der Waals surface area contributed by atoms with Crippen molar-refractivity contribution in [2.75, 3.05) is 16.0 Å². The van der Waals surface area contributed by atoms with E-state index in [-0.39, 0.29) is 33.6 Å². The molecule has 3 N–H and O–H groups in total. The Morgan fingerprint density at radius 1 is 0.854 bits per heavy atom. The lowest BCUT2D eigenvalue weighted by Gasteiger charge is -2.13. The minimum atomic E-state index is -1.48. The first-order chi connectivity index (χ1) is 19.4. The number of anilines is 3. The van der Waals surface area contributed by atoms with Gasteiger partial charge in [0.15, 0.2) is 5.82 Å². The third-order valence-corrected chi connectivity index (χ3v) is 8.45. The first kappa shape index (κ1) is 29.5. The Balaban J connectivity index is 1.30. The molecule has 3 aromatic carbocycles. The molecule has 3 aromatic rings. The lowest BCUT2D eigenvalue weighted by molar-refractivity contribution is -0.117. The van der Waals surface area contributed by atoms with Crippen LogP contribution in [0.15, 0.2) is 48.5 Å². The van der Waals surface area contributed by atoms with Crippen LogP contribution in [0.2, 0.25) is 10.0 Å². The van der Waals surface area contributed by atoms with Gasteiger partial charge < -0.3 is 16.0 Å². The average molecular weight is 645 g/mol. The fourth-order valence-electron chi connectivity index (χ4n) is 4.50. The van der Waals surface area contributed by atoms with Crippen molar-refractivity contribution < 1.29 is 27.6 Å². The van der Waals surface area contributed by atoms with E-state index in [0.29, 0.717) is 5.56 Å². The SMILES string of the molecule is O=C(CC1CC1)Nc1c(F)ccc(NC(=O)c2cc(NC(=O)[C@H]3C(c4ccc(F)c(Cl)c4)C3(Cl)Cl)ccc2Cl)c1F. The molecule has 2 fully saturated rings. The normalized spacial score (nSPS) is 18.9. The summed E-state index contributed by atoms with van der Waals surface area (Å²) >= 11 is 24.7. The molecule has 0 saturated heterocycles. The van der Waals surface area contributed by atoms with E-state index < -0.39 is 62.7 Å². The Bertz CT molecular complexity index is 1580. The van der Waals surface area contributed by atoms with Crippen LogP contribution in [0.1, 0.15) is 41.1 Å². The van der Waals surface area contributed by atoms with E-state index in [0.717, 1.165) is 31.0 Å². The second-order valence-electron chi connectivity index (χ2n) is 9.92. The molecule has 1 unspecified atom stereocenters. The van der Waals surface area contributed by atoms with Crippen LogP contribution >= 0.6 is 46.4 Å². The number of halogens is 7. The molecule has 2 saturated carbocycles. The summed E-state index contributed by atoms with van der Waals surface area (Å²) in [4.78, 5) is 38.1. The van der Waals surface area contributed by atoms with Gasteiger partial charge in [-0.25, -0.2) is 13.2 Å². The summed E-state index contributed by atoms with van der Waals surface area (Å²) in [6.45, 7) is 0. The van der Waals surface area contributed by atoms with Gasteiger partial charge in [0, 0.05) is 18.0 Å². The Morgan fingerprint density at radius 2 is 1.56 bits per heavy atom. The van der Waals surface area contributed by atoms with Gasteiger partial charge in [0.2, 0.25) is 11.8 Å². The predicted octanol–water partition coefficient (Wildman–Crippen LogP) is 7.93. The van der Waals surface area contributed by atoms with Gasteiger partial charge in [-0.05, 0) is 66.8 Å². The molecule has 2 aliphatic rings. The highest BCUT2D eigenvalue weighted by molar-refractivity contribution is 6.53. The van der Waals surface area contributed by atoms with Crippen molar-refractivity contribution in [1.29, 1.82) is 0 Å². The topological polar surface area (TPSA) is 87.3 Å². The molecular formula is C28H20Cl4F3N3O3. The summed E-state index contributed by atoms with van der Waals surface area (Å²) in [5.74, 6) is -6.13. The molecule has 0 bridgehead atoms. The Hall–Kier alpha value is -2.98. The highest BCUT2D eigenvalue weighted by atomic mass is 35.5. The van der Waals surface area contributed by atoms with E-state index >= 15 is 4.39 Å². The van der Waals surface area contributed by atoms with Gasteiger partial charge in [0.25, 0.3) is 5.91 Å². The number of amides is 3. The van der Waals surface area contributed by atoms with E-state index in [2.05, 4.69) is 16.0 Å². The van der Waals surface area contributed by atoms with Crippen LogP contribution in [-0.2, 0) is 9.59 Å². The van der Waals surface area contributed by atoms with E-state index in [1.165, 1.54) is 30.3 Å².